The second kappa shape index (κ2) is 7.24. The Hall–Kier alpha value is -2.13. The summed E-state index contributed by atoms with van der Waals surface area (Å²) < 4.78 is 38.9. The lowest BCUT2D eigenvalue weighted by Gasteiger charge is -2.20. The van der Waals surface area contributed by atoms with Crippen LogP contribution in [0.5, 0.6) is 0 Å². The fraction of sp³-hybridized carbons (Fsp3) is 0.438. The van der Waals surface area contributed by atoms with E-state index >= 15 is 0 Å². The third kappa shape index (κ3) is 3.54. The molecule has 0 unspecified atom stereocenters. The molecular formula is C16H16ClF3N2O4. The van der Waals surface area contributed by atoms with Crippen LogP contribution in [0.25, 0.3) is 0 Å². The van der Waals surface area contributed by atoms with Gasteiger partial charge in [-0.05, 0) is 12.1 Å². The van der Waals surface area contributed by atoms with Gasteiger partial charge in [0.05, 0.1) is 23.0 Å². The number of halogens is 4. The number of hydrogen-bond acceptors (Lipinski definition) is 4. The molecule has 142 valence electrons. The second-order valence-electron chi connectivity index (χ2n) is 6.16. The Morgan fingerprint density at radius 1 is 1.08 bits per heavy atom. The monoisotopic (exact) mass is 392 g/mol. The van der Waals surface area contributed by atoms with Crippen LogP contribution >= 0.6 is 12.4 Å². The fourth-order valence-electron chi connectivity index (χ4n) is 3.33. The van der Waals surface area contributed by atoms with E-state index in [4.69, 9.17) is 5.11 Å². The first-order chi connectivity index (χ1) is 11.7. The lowest BCUT2D eigenvalue weighted by molar-refractivity contribution is -0.188. The molecule has 2 aliphatic rings. The van der Waals surface area contributed by atoms with E-state index in [1.165, 1.54) is 17.0 Å². The molecular weight excluding hydrogens is 377 g/mol. The summed E-state index contributed by atoms with van der Waals surface area (Å²) in [6, 6.07) is 6.29. The van der Waals surface area contributed by atoms with Crippen LogP contribution in [0, 0.1) is 11.8 Å². The molecule has 1 aromatic rings. The fourth-order valence-corrected chi connectivity index (χ4v) is 3.33. The highest BCUT2D eigenvalue weighted by Crippen LogP contribution is 2.37. The number of nitrogens with zero attached hydrogens (tertiary/aromatic N) is 2. The smallest absolute Gasteiger partial charge is 0.393 e. The zero-order valence-electron chi connectivity index (χ0n) is 13.4. The minimum Gasteiger partial charge on any atom is -0.481 e. The van der Waals surface area contributed by atoms with Crippen molar-refractivity contribution in [2.45, 2.75) is 6.18 Å². The van der Waals surface area contributed by atoms with E-state index in [0.717, 1.165) is 4.90 Å². The Morgan fingerprint density at radius 3 is 2.04 bits per heavy atom. The van der Waals surface area contributed by atoms with Crippen LogP contribution < -0.4 is 0 Å². The lowest BCUT2D eigenvalue weighted by atomic mass is 9.96. The molecule has 0 spiro atoms. The maximum atomic E-state index is 13.0. The number of alkyl halides is 3. The molecule has 6 nitrogen and oxygen atoms in total. The number of fused-ring (bicyclic) bond motifs is 1. The van der Waals surface area contributed by atoms with Gasteiger partial charge in [-0.3, -0.25) is 19.3 Å². The largest absolute Gasteiger partial charge is 0.481 e. The van der Waals surface area contributed by atoms with E-state index in [1.54, 1.807) is 12.1 Å². The summed E-state index contributed by atoms with van der Waals surface area (Å²) in [6.45, 7) is -0.794. The van der Waals surface area contributed by atoms with Crippen LogP contribution in [-0.2, 0) is 4.79 Å². The lowest BCUT2D eigenvalue weighted by Crippen LogP contribution is -2.38. The average molecular weight is 393 g/mol. The molecule has 0 aromatic heterocycles. The van der Waals surface area contributed by atoms with E-state index < -0.39 is 42.3 Å². The van der Waals surface area contributed by atoms with Gasteiger partial charge < -0.3 is 10.0 Å². The third-order valence-corrected chi connectivity index (χ3v) is 4.65. The molecule has 2 aliphatic heterocycles. The van der Waals surface area contributed by atoms with Gasteiger partial charge in [0.25, 0.3) is 11.8 Å². The molecule has 0 saturated carbocycles. The third-order valence-electron chi connectivity index (χ3n) is 4.65. The summed E-state index contributed by atoms with van der Waals surface area (Å²) in [6.07, 6.45) is -4.60. The van der Waals surface area contributed by atoms with E-state index in [2.05, 4.69) is 0 Å². The molecule has 1 aromatic carbocycles. The van der Waals surface area contributed by atoms with Crippen LogP contribution in [0.3, 0.4) is 0 Å². The zero-order valence-corrected chi connectivity index (χ0v) is 14.2. The first-order valence-electron chi connectivity index (χ1n) is 7.67. The SMILES string of the molecule is Cl.O=C(O)[C@@H]1CN(CCN2C(=O)c3ccccc3C2=O)C[C@H]1C(F)(F)F. The number of likely N-dealkylation sites (tertiary alicyclic amines) is 1. The Morgan fingerprint density at radius 2 is 1.62 bits per heavy atom. The number of carboxylic acid groups (broad SMARTS) is 1. The van der Waals surface area contributed by atoms with Crippen LogP contribution in [0.15, 0.2) is 24.3 Å². The summed E-state index contributed by atoms with van der Waals surface area (Å²) in [4.78, 5) is 37.8. The van der Waals surface area contributed by atoms with Gasteiger partial charge in [-0.25, -0.2) is 0 Å². The number of rotatable bonds is 4. The molecule has 1 saturated heterocycles. The van der Waals surface area contributed by atoms with Crippen molar-refractivity contribution in [2.75, 3.05) is 26.2 Å². The highest BCUT2D eigenvalue weighted by Gasteiger charge is 2.52. The van der Waals surface area contributed by atoms with Gasteiger partial charge in [0.1, 0.15) is 0 Å². The number of carbonyl (C=O) groups is 3. The summed E-state index contributed by atoms with van der Waals surface area (Å²) in [5.74, 6) is -5.95. The molecule has 2 heterocycles. The van der Waals surface area contributed by atoms with Crippen molar-refractivity contribution >= 4 is 30.2 Å². The first kappa shape index (κ1) is 20.2. The molecule has 2 amide bonds. The molecule has 3 rings (SSSR count). The second-order valence-corrected chi connectivity index (χ2v) is 6.16. The number of imide groups is 1. The topological polar surface area (TPSA) is 77.9 Å². The first-order valence-corrected chi connectivity index (χ1v) is 7.67. The standard InChI is InChI=1S/C16H15F3N2O4.ClH/c17-16(18,19)12-8-20(7-11(12)15(24)25)5-6-21-13(22)9-3-1-2-4-10(9)14(21)23;/h1-4,11-12H,5-8H2,(H,24,25);1H/t11-,12-;/m1./s1. The Bertz CT molecular complexity index is 705. The van der Waals surface area contributed by atoms with Crippen molar-refractivity contribution in [2.24, 2.45) is 11.8 Å². The number of carboxylic acids is 1. The highest BCUT2D eigenvalue weighted by atomic mass is 35.5. The molecule has 2 atom stereocenters. The van der Waals surface area contributed by atoms with E-state index in [1.807, 2.05) is 0 Å². The number of aliphatic carboxylic acids is 1. The molecule has 26 heavy (non-hydrogen) atoms. The van der Waals surface area contributed by atoms with Gasteiger partial charge in [0, 0.05) is 26.2 Å². The summed E-state index contributed by atoms with van der Waals surface area (Å²) in [5, 5.41) is 9.00. The van der Waals surface area contributed by atoms with Gasteiger partial charge in [-0.1, -0.05) is 12.1 Å². The summed E-state index contributed by atoms with van der Waals surface area (Å²) in [7, 11) is 0. The van der Waals surface area contributed by atoms with Crippen molar-refractivity contribution in [1.82, 2.24) is 9.80 Å². The normalized spacial score (nSPS) is 23.1. The van der Waals surface area contributed by atoms with Crippen LogP contribution in [0.4, 0.5) is 13.2 Å². The van der Waals surface area contributed by atoms with Gasteiger partial charge >= 0.3 is 12.1 Å². The summed E-state index contributed by atoms with van der Waals surface area (Å²) >= 11 is 0. The molecule has 0 aliphatic carbocycles. The van der Waals surface area contributed by atoms with Crippen molar-refractivity contribution in [3.8, 4) is 0 Å². The number of hydrogen-bond donors (Lipinski definition) is 1. The number of amides is 2. The minimum atomic E-state index is -4.60. The van der Waals surface area contributed by atoms with E-state index in [9.17, 15) is 27.6 Å². The average Bonchev–Trinajstić information content (AvgIpc) is 3.08. The Balaban J connectivity index is 0.00000243. The predicted octanol–water partition coefficient (Wildman–Crippen LogP) is 1.90. The van der Waals surface area contributed by atoms with Crippen molar-refractivity contribution in [3.05, 3.63) is 35.4 Å². The van der Waals surface area contributed by atoms with Crippen LogP contribution in [-0.4, -0.2) is 65.0 Å². The minimum absolute atomic E-state index is 0. The molecule has 0 bridgehead atoms. The van der Waals surface area contributed by atoms with Gasteiger partial charge in [0.15, 0.2) is 0 Å². The Labute approximate surface area is 153 Å². The molecule has 1 N–H and O–H groups in total. The molecule has 1 fully saturated rings. The number of carbonyl (C=O) groups excluding carboxylic acids is 2. The van der Waals surface area contributed by atoms with Gasteiger partial charge in [0.2, 0.25) is 0 Å². The van der Waals surface area contributed by atoms with Crippen molar-refractivity contribution < 1.29 is 32.7 Å². The van der Waals surface area contributed by atoms with Crippen molar-refractivity contribution in [3.63, 3.8) is 0 Å². The van der Waals surface area contributed by atoms with E-state index in [-0.39, 0.29) is 43.2 Å². The van der Waals surface area contributed by atoms with Gasteiger partial charge in [-0.15, -0.1) is 12.4 Å². The van der Waals surface area contributed by atoms with E-state index in [0.29, 0.717) is 0 Å². The van der Waals surface area contributed by atoms with Crippen LogP contribution in [0.2, 0.25) is 0 Å². The predicted molar refractivity (Wildman–Crippen MR) is 86.2 cm³/mol. The highest BCUT2D eigenvalue weighted by molar-refractivity contribution is 6.21. The number of benzene rings is 1. The van der Waals surface area contributed by atoms with Crippen LogP contribution in [0.1, 0.15) is 20.7 Å². The maximum Gasteiger partial charge on any atom is 0.393 e. The molecule has 10 heteroatoms. The van der Waals surface area contributed by atoms with Crippen molar-refractivity contribution in [1.29, 1.82) is 0 Å². The van der Waals surface area contributed by atoms with Gasteiger partial charge in [-0.2, -0.15) is 13.2 Å². The zero-order chi connectivity index (χ0) is 18.4. The Kier molecular flexibility index (Phi) is 5.62. The summed E-state index contributed by atoms with van der Waals surface area (Å²) in [5.41, 5.74) is 0.538. The molecule has 0 radical (unpaired) electrons. The maximum absolute atomic E-state index is 13.0. The quantitative estimate of drug-likeness (QED) is 0.792.